The highest BCUT2D eigenvalue weighted by atomic mass is 19.4. The van der Waals surface area contributed by atoms with Gasteiger partial charge >= 0.3 is 12.2 Å². The van der Waals surface area contributed by atoms with Gasteiger partial charge in [0.2, 0.25) is 0 Å². The van der Waals surface area contributed by atoms with Gasteiger partial charge < -0.3 is 10.6 Å². The lowest BCUT2D eigenvalue weighted by Crippen LogP contribution is -2.34. The SMILES string of the molecule is O=C(NCc1ccc(C(F)(F)F)cc1)NCc1ccc(-n2ccnc2)nc1. The summed E-state index contributed by atoms with van der Waals surface area (Å²) in [6.07, 6.45) is 2.33. The first-order valence-corrected chi connectivity index (χ1v) is 8.03. The summed E-state index contributed by atoms with van der Waals surface area (Å²) in [4.78, 5) is 20.1. The standard InChI is InChI=1S/C18H16F3N5O/c19-18(20,21)15-4-1-13(2-5-15)9-24-17(27)25-11-14-3-6-16(23-10-14)26-8-7-22-12-26/h1-8,10,12H,9,11H2,(H2,24,25,27). The Morgan fingerprint density at radius 3 is 2.22 bits per heavy atom. The Bertz CT molecular complexity index is 875. The van der Waals surface area contributed by atoms with E-state index < -0.39 is 17.8 Å². The second-order valence-electron chi connectivity index (χ2n) is 5.73. The third-order valence-corrected chi connectivity index (χ3v) is 3.77. The van der Waals surface area contributed by atoms with Gasteiger partial charge in [0.1, 0.15) is 12.1 Å². The van der Waals surface area contributed by atoms with E-state index in [9.17, 15) is 18.0 Å². The average Bonchev–Trinajstić information content (AvgIpc) is 3.19. The van der Waals surface area contributed by atoms with Crippen molar-refractivity contribution in [1.82, 2.24) is 25.2 Å². The molecule has 3 rings (SSSR count). The van der Waals surface area contributed by atoms with Crippen molar-refractivity contribution in [2.24, 2.45) is 0 Å². The van der Waals surface area contributed by atoms with E-state index in [1.165, 1.54) is 12.1 Å². The molecular weight excluding hydrogens is 359 g/mol. The predicted octanol–water partition coefficient (Wildman–Crippen LogP) is 3.29. The van der Waals surface area contributed by atoms with Crippen LogP contribution in [0.5, 0.6) is 0 Å². The molecule has 2 N–H and O–H groups in total. The number of pyridine rings is 1. The van der Waals surface area contributed by atoms with E-state index in [1.54, 1.807) is 35.6 Å². The van der Waals surface area contributed by atoms with Crippen molar-refractivity contribution >= 4 is 6.03 Å². The summed E-state index contributed by atoms with van der Waals surface area (Å²) in [5, 5.41) is 5.27. The van der Waals surface area contributed by atoms with Crippen molar-refractivity contribution in [1.29, 1.82) is 0 Å². The molecule has 0 aliphatic heterocycles. The van der Waals surface area contributed by atoms with Crippen LogP contribution in [0.25, 0.3) is 5.82 Å². The van der Waals surface area contributed by atoms with Crippen LogP contribution < -0.4 is 10.6 Å². The van der Waals surface area contributed by atoms with Gasteiger partial charge in [-0.25, -0.2) is 14.8 Å². The molecule has 3 aromatic rings. The molecule has 0 unspecified atom stereocenters. The molecule has 1 aromatic carbocycles. The molecule has 140 valence electrons. The number of hydrogen-bond donors (Lipinski definition) is 2. The number of halogens is 3. The monoisotopic (exact) mass is 375 g/mol. The van der Waals surface area contributed by atoms with Crippen molar-refractivity contribution in [2.45, 2.75) is 19.3 Å². The molecule has 2 heterocycles. The van der Waals surface area contributed by atoms with E-state index in [4.69, 9.17) is 0 Å². The average molecular weight is 375 g/mol. The maximum absolute atomic E-state index is 12.5. The number of urea groups is 1. The van der Waals surface area contributed by atoms with Crippen LogP contribution in [0.2, 0.25) is 0 Å². The lowest BCUT2D eigenvalue weighted by atomic mass is 10.1. The van der Waals surface area contributed by atoms with Gasteiger partial charge in [0.05, 0.1) is 5.56 Å². The highest BCUT2D eigenvalue weighted by Gasteiger charge is 2.29. The fourth-order valence-corrected chi connectivity index (χ4v) is 2.31. The minimum atomic E-state index is -4.37. The minimum absolute atomic E-state index is 0.127. The number of aromatic nitrogens is 3. The Labute approximate surface area is 153 Å². The van der Waals surface area contributed by atoms with E-state index in [1.807, 2.05) is 6.07 Å². The number of nitrogens with one attached hydrogen (secondary N) is 2. The lowest BCUT2D eigenvalue weighted by Gasteiger charge is -2.10. The normalized spacial score (nSPS) is 11.2. The summed E-state index contributed by atoms with van der Waals surface area (Å²) in [7, 11) is 0. The molecule has 2 aromatic heterocycles. The van der Waals surface area contributed by atoms with E-state index in [0.717, 1.165) is 17.7 Å². The summed E-state index contributed by atoms with van der Waals surface area (Å²) in [5.41, 5.74) is 0.662. The molecule has 0 atom stereocenters. The van der Waals surface area contributed by atoms with Crippen molar-refractivity contribution in [3.8, 4) is 5.82 Å². The molecule has 0 saturated heterocycles. The highest BCUT2D eigenvalue weighted by molar-refractivity contribution is 5.73. The van der Waals surface area contributed by atoms with Gasteiger partial charge in [-0.1, -0.05) is 18.2 Å². The van der Waals surface area contributed by atoms with Gasteiger partial charge in [-0.2, -0.15) is 13.2 Å². The molecular formula is C18H16F3N5O. The zero-order valence-electron chi connectivity index (χ0n) is 14.1. The predicted molar refractivity (Wildman–Crippen MR) is 91.9 cm³/mol. The first-order chi connectivity index (χ1) is 12.9. The molecule has 0 bridgehead atoms. The summed E-state index contributed by atoms with van der Waals surface area (Å²) < 4.78 is 39.3. The summed E-state index contributed by atoms with van der Waals surface area (Å²) in [6, 6.07) is 7.86. The number of benzene rings is 1. The van der Waals surface area contributed by atoms with Gasteiger partial charge in [0.25, 0.3) is 0 Å². The third-order valence-electron chi connectivity index (χ3n) is 3.77. The zero-order chi connectivity index (χ0) is 19.3. The van der Waals surface area contributed by atoms with Crippen LogP contribution in [0.15, 0.2) is 61.3 Å². The van der Waals surface area contributed by atoms with Crippen LogP contribution >= 0.6 is 0 Å². The lowest BCUT2D eigenvalue weighted by molar-refractivity contribution is -0.137. The minimum Gasteiger partial charge on any atom is -0.334 e. The van der Waals surface area contributed by atoms with Gasteiger partial charge in [-0.05, 0) is 29.3 Å². The van der Waals surface area contributed by atoms with Crippen LogP contribution in [-0.2, 0) is 19.3 Å². The molecule has 6 nitrogen and oxygen atoms in total. The molecule has 0 aliphatic carbocycles. The molecule has 9 heteroatoms. The van der Waals surface area contributed by atoms with Gasteiger partial charge in [0, 0.05) is 31.7 Å². The van der Waals surface area contributed by atoms with Crippen LogP contribution in [-0.4, -0.2) is 20.6 Å². The van der Waals surface area contributed by atoms with Crippen molar-refractivity contribution in [3.05, 3.63) is 78.0 Å². The third kappa shape index (κ3) is 5.06. The van der Waals surface area contributed by atoms with E-state index in [2.05, 4.69) is 20.6 Å². The van der Waals surface area contributed by atoms with E-state index in [-0.39, 0.29) is 13.1 Å². The Balaban J connectivity index is 1.46. The van der Waals surface area contributed by atoms with E-state index in [0.29, 0.717) is 11.4 Å². The number of imidazole rings is 1. The number of amides is 2. The second kappa shape index (κ2) is 7.90. The van der Waals surface area contributed by atoms with Crippen LogP contribution in [0.1, 0.15) is 16.7 Å². The first kappa shape index (κ1) is 18.4. The Morgan fingerprint density at radius 1 is 1.00 bits per heavy atom. The van der Waals surface area contributed by atoms with Crippen molar-refractivity contribution < 1.29 is 18.0 Å². The van der Waals surface area contributed by atoms with Crippen molar-refractivity contribution in [2.75, 3.05) is 0 Å². The fraction of sp³-hybridized carbons (Fsp3) is 0.167. The maximum Gasteiger partial charge on any atom is 0.416 e. The number of nitrogens with zero attached hydrogens (tertiary/aromatic N) is 3. The summed E-state index contributed by atoms with van der Waals surface area (Å²) >= 11 is 0. The van der Waals surface area contributed by atoms with Crippen LogP contribution in [0, 0.1) is 0 Å². The Hall–Kier alpha value is -3.36. The molecule has 2 amide bonds. The van der Waals surface area contributed by atoms with Crippen molar-refractivity contribution in [3.63, 3.8) is 0 Å². The van der Waals surface area contributed by atoms with Crippen LogP contribution in [0.3, 0.4) is 0 Å². The topological polar surface area (TPSA) is 71.8 Å². The molecule has 0 fully saturated rings. The smallest absolute Gasteiger partial charge is 0.334 e. The summed E-state index contributed by atoms with van der Waals surface area (Å²) in [5.74, 6) is 0.711. The second-order valence-corrected chi connectivity index (χ2v) is 5.73. The highest BCUT2D eigenvalue weighted by Crippen LogP contribution is 2.29. The van der Waals surface area contributed by atoms with Crippen LogP contribution in [0.4, 0.5) is 18.0 Å². The first-order valence-electron chi connectivity index (χ1n) is 8.03. The molecule has 0 saturated carbocycles. The van der Waals surface area contributed by atoms with E-state index >= 15 is 0 Å². The van der Waals surface area contributed by atoms with Gasteiger partial charge in [-0.15, -0.1) is 0 Å². The number of rotatable bonds is 5. The largest absolute Gasteiger partial charge is 0.416 e. The fourth-order valence-electron chi connectivity index (χ4n) is 2.31. The summed E-state index contributed by atoms with van der Waals surface area (Å²) in [6.45, 7) is 0.401. The Kier molecular flexibility index (Phi) is 5.39. The quantitative estimate of drug-likeness (QED) is 0.719. The molecule has 0 spiro atoms. The van der Waals surface area contributed by atoms with Gasteiger partial charge in [-0.3, -0.25) is 4.57 Å². The number of alkyl halides is 3. The molecule has 0 radical (unpaired) electrons. The zero-order valence-corrected chi connectivity index (χ0v) is 14.1. The number of carbonyl (C=O) groups excluding carboxylic acids is 1. The number of hydrogen-bond acceptors (Lipinski definition) is 3. The molecule has 0 aliphatic rings. The van der Waals surface area contributed by atoms with Gasteiger partial charge in [0.15, 0.2) is 0 Å². The number of carbonyl (C=O) groups is 1. The Morgan fingerprint density at radius 2 is 1.67 bits per heavy atom. The maximum atomic E-state index is 12.5. The molecule has 27 heavy (non-hydrogen) atoms.